The summed E-state index contributed by atoms with van der Waals surface area (Å²) in [5, 5.41) is 5.75. The number of carbonyl (C=O) groups excluding carboxylic acids is 3. The van der Waals surface area contributed by atoms with E-state index in [2.05, 4.69) is 16.0 Å². The number of benzene rings is 2. The Bertz CT molecular complexity index is 1190. The second kappa shape index (κ2) is 10.2. The van der Waals surface area contributed by atoms with E-state index >= 15 is 0 Å². The molecule has 0 spiro atoms. The summed E-state index contributed by atoms with van der Waals surface area (Å²) in [7, 11) is 0. The molecule has 1 aliphatic heterocycles. The van der Waals surface area contributed by atoms with Crippen LogP contribution in [0.25, 0.3) is 10.4 Å². The van der Waals surface area contributed by atoms with Crippen molar-refractivity contribution < 1.29 is 18.8 Å². The first kappa shape index (κ1) is 22.3. The highest BCUT2D eigenvalue weighted by Gasteiger charge is 2.22. The van der Waals surface area contributed by atoms with Crippen molar-refractivity contribution in [3.8, 4) is 10.4 Å². The van der Waals surface area contributed by atoms with E-state index in [1.165, 1.54) is 28.5 Å². The van der Waals surface area contributed by atoms with Crippen molar-refractivity contribution in [1.82, 2.24) is 15.9 Å². The first-order valence-corrected chi connectivity index (χ1v) is 11.2. The van der Waals surface area contributed by atoms with Crippen LogP contribution in [0, 0.1) is 5.82 Å². The number of hydrogen-bond donors (Lipinski definition) is 2. The Morgan fingerprint density at radius 3 is 2.42 bits per heavy atom. The van der Waals surface area contributed by atoms with E-state index in [9.17, 15) is 18.8 Å². The summed E-state index contributed by atoms with van der Waals surface area (Å²) >= 11 is 1.22. The predicted octanol–water partition coefficient (Wildman–Crippen LogP) is 3.73. The third-order valence-electron chi connectivity index (χ3n) is 5.04. The number of halogens is 1. The smallest absolute Gasteiger partial charge is 0.273 e. The van der Waals surface area contributed by atoms with Crippen LogP contribution in [-0.2, 0) is 9.59 Å². The van der Waals surface area contributed by atoms with Crippen LogP contribution in [0.4, 0.5) is 4.39 Å². The summed E-state index contributed by atoms with van der Waals surface area (Å²) < 4.78 is 13.1. The molecule has 0 saturated heterocycles. The molecule has 0 atom stereocenters. The molecule has 0 radical (unpaired) electrons. The maximum Gasteiger partial charge on any atom is 0.279 e. The molecular weight excluding hydrogens is 443 g/mol. The standard InChI is InChI=1S/C24H21FN4O3S/c25-18-8-6-17(7-9-18)20-10-11-21(33-20)24(32)27-26-22(30)12-13-23(31)29-15-14-19(28-29)16-4-2-1-3-5-16/h1-11H,12-15H2,(H,26,30)(H,27,32). The lowest BCUT2D eigenvalue weighted by Crippen LogP contribution is -2.41. The Labute approximate surface area is 193 Å². The normalized spacial score (nSPS) is 12.9. The quantitative estimate of drug-likeness (QED) is 0.545. The number of carbonyl (C=O) groups is 3. The van der Waals surface area contributed by atoms with Crippen LogP contribution in [0.3, 0.4) is 0 Å². The van der Waals surface area contributed by atoms with Gasteiger partial charge < -0.3 is 0 Å². The maximum atomic E-state index is 13.1. The van der Waals surface area contributed by atoms with Gasteiger partial charge in [-0.3, -0.25) is 25.2 Å². The second-order valence-corrected chi connectivity index (χ2v) is 8.44. The molecule has 0 fully saturated rings. The van der Waals surface area contributed by atoms with Gasteiger partial charge in [-0.15, -0.1) is 11.3 Å². The zero-order valence-electron chi connectivity index (χ0n) is 17.6. The Hall–Kier alpha value is -3.85. The van der Waals surface area contributed by atoms with Gasteiger partial charge in [-0.2, -0.15) is 5.10 Å². The van der Waals surface area contributed by atoms with Gasteiger partial charge in [0.05, 0.1) is 17.1 Å². The van der Waals surface area contributed by atoms with E-state index in [1.54, 1.807) is 24.3 Å². The molecule has 2 aromatic carbocycles. The van der Waals surface area contributed by atoms with Gasteiger partial charge >= 0.3 is 0 Å². The fourth-order valence-electron chi connectivity index (χ4n) is 3.30. The van der Waals surface area contributed by atoms with Gasteiger partial charge in [0.25, 0.3) is 5.91 Å². The lowest BCUT2D eigenvalue weighted by molar-refractivity contribution is -0.133. The number of nitrogens with one attached hydrogen (secondary N) is 2. The topological polar surface area (TPSA) is 90.9 Å². The highest BCUT2D eigenvalue weighted by molar-refractivity contribution is 7.17. The first-order chi connectivity index (χ1) is 16.0. The van der Waals surface area contributed by atoms with E-state index in [0.717, 1.165) is 21.7 Å². The summed E-state index contributed by atoms with van der Waals surface area (Å²) in [4.78, 5) is 37.9. The van der Waals surface area contributed by atoms with Gasteiger partial charge in [-0.25, -0.2) is 9.40 Å². The van der Waals surface area contributed by atoms with Crippen LogP contribution in [0.1, 0.15) is 34.5 Å². The summed E-state index contributed by atoms with van der Waals surface area (Å²) in [6.45, 7) is 0.482. The van der Waals surface area contributed by atoms with E-state index in [-0.39, 0.29) is 24.6 Å². The van der Waals surface area contributed by atoms with Crippen LogP contribution in [0.2, 0.25) is 0 Å². The minimum atomic E-state index is -0.474. The first-order valence-electron chi connectivity index (χ1n) is 10.4. The predicted molar refractivity (Wildman–Crippen MR) is 124 cm³/mol. The number of nitrogens with zero attached hydrogens (tertiary/aromatic N) is 2. The molecule has 0 bridgehead atoms. The molecule has 3 amide bonds. The Morgan fingerprint density at radius 2 is 1.67 bits per heavy atom. The number of hydrogen-bond acceptors (Lipinski definition) is 5. The molecule has 0 saturated carbocycles. The summed E-state index contributed by atoms with van der Waals surface area (Å²) in [6.07, 6.45) is 0.580. The van der Waals surface area contributed by atoms with Gasteiger partial charge in [0.15, 0.2) is 0 Å². The molecule has 2 heterocycles. The molecule has 0 unspecified atom stereocenters. The Morgan fingerprint density at radius 1 is 0.909 bits per heavy atom. The molecule has 0 aliphatic carbocycles. The van der Waals surface area contributed by atoms with Gasteiger partial charge in [-0.1, -0.05) is 42.5 Å². The fraction of sp³-hybridized carbons (Fsp3) is 0.167. The maximum absolute atomic E-state index is 13.1. The van der Waals surface area contributed by atoms with E-state index in [1.807, 2.05) is 30.3 Å². The van der Waals surface area contributed by atoms with Crippen LogP contribution in [0.5, 0.6) is 0 Å². The lowest BCUT2D eigenvalue weighted by atomic mass is 10.1. The summed E-state index contributed by atoms with van der Waals surface area (Å²) in [5.41, 5.74) is 7.30. The molecule has 9 heteroatoms. The monoisotopic (exact) mass is 464 g/mol. The molecule has 7 nitrogen and oxygen atoms in total. The molecule has 168 valence electrons. The summed E-state index contributed by atoms with van der Waals surface area (Å²) in [5.74, 6) is -1.52. The molecular formula is C24H21FN4O3S. The molecule has 3 aromatic rings. The third kappa shape index (κ3) is 5.69. The van der Waals surface area contributed by atoms with Crippen molar-refractivity contribution in [2.24, 2.45) is 5.10 Å². The van der Waals surface area contributed by atoms with Crippen molar-refractivity contribution in [3.63, 3.8) is 0 Å². The van der Waals surface area contributed by atoms with Gasteiger partial charge in [-0.05, 0) is 35.4 Å². The Kier molecular flexibility index (Phi) is 6.89. The van der Waals surface area contributed by atoms with Crippen LogP contribution in [0.15, 0.2) is 71.8 Å². The molecule has 1 aromatic heterocycles. The van der Waals surface area contributed by atoms with Crippen LogP contribution in [-0.4, -0.2) is 35.0 Å². The minimum absolute atomic E-state index is 0.0129. The van der Waals surface area contributed by atoms with Crippen molar-refractivity contribution in [3.05, 3.63) is 83.0 Å². The van der Waals surface area contributed by atoms with Crippen molar-refractivity contribution >= 4 is 34.8 Å². The highest BCUT2D eigenvalue weighted by atomic mass is 32.1. The van der Waals surface area contributed by atoms with Crippen molar-refractivity contribution in [1.29, 1.82) is 0 Å². The van der Waals surface area contributed by atoms with E-state index in [4.69, 9.17) is 0 Å². The number of hydrazone groups is 1. The second-order valence-electron chi connectivity index (χ2n) is 7.35. The molecule has 2 N–H and O–H groups in total. The van der Waals surface area contributed by atoms with Crippen molar-refractivity contribution in [2.75, 3.05) is 6.54 Å². The van der Waals surface area contributed by atoms with E-state index in [0.29, 0.717) is 17.8 Å². The minimum Gasteiger partial charge on any atom is -0.273 e. The fourth-order valence-corrected chi connectivity index (χ4v) is 4.21. The Balaban J connectivity index is 1.23. The number of rotatable bonds is 6. The average molecular weight is 465 g/mol. The number of hydrazine groups is 1. The molecule has 1 aliphatic rings. The van der Waals surface area contributed by atoms with Gasteiger partial charge in [0, 0.05) is 24.1 Å². The third-order valence-corrected chi connectivity index (χ3v) is 6.17. The van der Waals surface area contributed by atoms with Crippen LogP contribution >= 0.6 is 11.3 Å². The lowest BCUT2D eigenvalue weighted by Gasteiger charge is -2.11. The van der Waals surface area contributed by atoms with Crippen molar-refractivity contribution in [2.45, 2.75) is 19.3 Å². The van der Waals surface area contributed by atoms with E-state index < -0.39 is 11.8 Å². The largest absolute Gasteiger partial charge is 0.279 e. The summed E-state index contributed by atoms with van der Waals surface area (Å²) in [6, 6.07) is 19.0. The SMILES string of the molecule is O=C(CCC(=O)N1CCC(c2ccccc2)=N1)NNC(=O)c1ccc(-c2ccc(F)cc2)s1. The molecule has 33 heavy (non-hydrogen) atoms. The molecule has 4 rings (SSSR count). The van der Waals surface area contributed by atoms with Gasteiger partial charge in [0.2, 0.25) is 11.8 Å². The highest BCUT2D eigenvalue weighted by Crippen LogP contribution is 2.28. The number of amides is 3. The van der Waals surface area contributed by atoms with Crippen LogP contribution < -0.4 is 10.9 Å². The average Bonchev–Trinajstić information content (AvgIpc) is 3.53. The zero-order chi connectivity index (χ0) is 23.2. The van der Waals surface area contributed by atoms with Gasteiger partial charge in [0.1, 0.15) is 5.82 Å². The number of thiophene rings is 1. The zero-order valence-corrected chi connectivity index (χ0v) is 18.4.